The maximum atomic E-state index is 6.36. The average molecular weight is 336 g/mol. The van der Waals surface area contributed by atoms with E-state index in [0.717, 1.165) is 25.6 Å². The van der Waals surface area contributed by atoms with E-state index in [-0.39, 0.29) is 18.4 Å². The van der Waals surface area contributed by atoms with E-state index < -0.39 is 0 Å². The second kappa shape index (κ2) is 6.67. The Morgan fingerprint density at radius 3 is 2.68 bits per heavy atom. The highest BCUT2D eigenvalue weighted by atomic mass is 35.5. The Labute approximate surface area is 142 Å². The van der Waals surface area contributed by atoms with Crippen molar-refractivity contribution in [3.05, 3.63) is 52.0 Å². The lowest BCUT2D eigenvalue weighted by atomic mass is 9.95. The zero-order valence-electron chi connectivity index (χ0n) is 12.5. The van der Waals surface area contributed by atoms with Crippen LogP contribution in [0.15, 0.2) is 35.7 Å². The molecular formula is C17H22ClN3S. The Hall–Kier alpha value is -0.940. The normalized spacial score (nSPS) is 25.1. The van der Waals surface area contributed by atoms with Crippen LogP contribution < -0.4 is 5.73 Å². The fourth-order valence-corrected chi connectivity index (χ4v) is 4.22. The van der Waals surface area contributed by atoms with Crippen LogP contribution in [0.5, 0.6) is 0 Å². The number of hydrogen-bond acceptors (Lipinski definition) is 4. The van der Waals surface area contributed by atoms with Crippen LogP contribution in [0.4, 0.5) is 0 Å². The number of nitrogens with two attached hydrogens (primary N) is 1. The quantitative estimate of drug-likeness (QED) is 0.931. The van der Waals surface area contributed by atoms with E-state index in [2.05, 4.69) is 40.6 Å². The number of thiazole rings is 1. The molecule has 2 heterocycles. The summed E-state index contributed by atoms with van der Waals surface area (Å²) in [5, 5.41) is 3.57. The first-order chi connectivity index (χ1) is 10.3. The molecule has 4 rings (SSSR count). The predicted octanol–water partition coefficient (Wildman–Crippen LogP) is 3.37. The number of benzene rings is 1. The van der Waals surface area contributed by atoms with Gasteiger partial charge in [0.2, 0.25) is 0 Å². The molecule has 0 spiro atoms. The summed E-state index contributed by atoms with van der Waals surface area (Å²) in [7, 11) is 0. The van der Waals surface area contributed by atoms with Crippen molar-refractivity contribution in [1.82, 2.24) is 9.88 Å². The van der Waals surface area contributed by atoms with Crippen LogP contribution >= 0.6 is 23.7 Å². The SMILES string of the molecule is Cl.N[C@@H]1CN(Cc2csc(C3CC3)n2)C[C@H]1c1ccccc1. The molecule has 0 amide bonds. The van der Waals surface area contributed by atoms with Gasteiger partial charge in [-0.1, -0.05) is 30.3 Å². The van der Waals surface area contributed by atoms with Crippen LogP contribution in [-0.4, -0.2) is 29.0 Å². The monoisotopic (exact) mass is 335 g/mol. The first kappa shape index (κ1) is 15.9. The van der Waals surface area contributed by atoms with Crippen LogP contribution in [0.1, 0.15) is 40.9 Å². The summed E-state index contributed by atoms with van der Waals surface area (Å²) in [5.41, 5.74) is 8.95. The minimum atomic E-state index is 0. The van der Waals surface area contributed by atoms with Gasteiger partial charge >= 0.3 is 0 Å². The highest BCUT2D eigenvalue weighted by Gasteiger charge is 2.32. The third kappa shape index (κ3) is 3.35. The van der Waals surface area contributed by atoms with Crippen LogP contribution in [0.25, 0.3) is 0 Å². The number of hydrogen-bond donors (Lipinski definition) is 1. The molecule has 1 aromatic heterocycles. The molecular weight excluding hydrogens is 314 g/mol. The molecule has 2 aliphatic rings. The van der Waals surface area contributed by atoms with E-state index in [1.165, 1.54) is 29.1 Å². The molecule has 2 atom stereocenters. The molecule has 2 fully saturated rings. The zero-order chi connectivity index (χ0) is 14.2. The number of likely N-dealkylation sites (tertiary alicyclic amines) is 1. The van der Waals surface area contributed by atoms with E-state index in [0.29, 0.717) is 5.92 Å². The molecule has 0 unspecified atom stereocenters. The third-order valence-electron chi connectivity index (χ3n) is 4.55. The van der Waals surface area contributed by atoms with Crippen LogP contribution in [0.3, 0.4) is 0 Å². The summed E-state index contributed by atoms with van der Waals surface area (Å²) in [4.78, 5) is 7.25. The van der Waals surface area contributed by atoms with Crippen LogP contribution in [0, 0.1) is 0 Å². The second-order valence-electron chi connectivity index (χ2n) is 6.33. The van der Waals surface area contributed by atoms with E-state index in [1.807, 2.05) is 11.3 Å². The van der Waals surface area contributed by atoms with Gasteiger partial charge in [0.1, 0.15) is 0 Å². The third-order valence-corrected chi connectivity index (χ3v) is 5.61. The van der Waals surface area contributed by atoms with Crippen molar-refractivity contribution >= 4 is 23.7 Å². The van der Waals surface area contributed by atoms with Gasteiger partial charge in [0, 0.05) is 42.9 Å². The fourth-order valence-electron chi connectivity index (χ4n) is 3.24. The number of aromatic nitrogens is 1. The lowest BCUT2D eigenvalue weighted by Gasteiger charge is -2.15. The average Bonchev–Trinajstić information content (AvgIpc) is 3.15. The van der Waals surface area contributed by atoms with Gasteiger partial charge in [0.05, 0.1) is 10.7 Å². The number of rotatable bonds is 4. The Balaban J connectivity index is 0.00000144. The van der Waals surface area contributed by atoms with Gasteiger partial charge in [-0.2, -0.15) is 0 Å². The molecule has 3 nitrogen and oxygen atoms in total. The molecule has 0 radical (unpaired) electrons. The molecule has 5 heteroatoms. The summed E-state index contributed by atoms with van der Waals surface area (Å²) >= 11 is 1.83. The molecule has 1 aromatic carbocycles. The molecule has 1 saturated heterocycles. The Bertz CT molecular complexity index is 611. The summed E-state index contributed by atoms with van der Waals surface area (Å²) in [6.45, 7) is 2.96. The summed E-state index contributed by atoms with van der Waals surface area (Å²) in [6.07, 6.45) is 2.66. The van der Waals surface area contributed by atoms with Crippen molar-refractivity contribution in [1.29, 1.82) is 0 Å². The molecule has 2 N–H and O–H groups in total. The minimum Gasteiger partial charge on any atom is -0.326 e. The van der Waals surface area contributed by atoms with E-state index in [9.17, 15) is 0 Å². The largest absolute Gasteiger partial charge is 0.326 e. The van der Waals surface area contributed by atoms with Crippen molar-refractivity contribution in [2.45, 2.75) is 37.3 Å². The minimum absolute atomic E-state index is 0. The molecule has 1 saturated carbocycles. The summed E-state index contributed by atoms with van der Waals surface area (Å²) in [6, 6.07) is 10.9. The van der Waals surface area contributed by atoms with Gasteiger partial charge in [-0.3, -0.25) is 4.90 Å². The maximum Gasteiger partial charge on any atom is 0.0959 e. The van der Waals surface area contributed by atoms with Crippen molar-refractivity contribution in [2.75, 3.05) is 13.1 Å². The van der Waals surface area contributed by atoms with E-state index in [1.54, 1.807) is 0 Å². The Morgan fingerprint density at radius 1 is 1.18 bits per heavy atom. The molecule has 0 bridgehead atoms. The molecule has 118 valence electrons. The number of halogens is 1. The van der Waals surface area contributed by atoms with Gasteiger partial charge in [0.25, 0.3) is 0 Å². The Morgan fingerprint density at radius 2 is 1.95 bits per heavy atom. The number of nitrogens with zero attached hydrogens (tertiary/aromatic N) is 2. The van der Waals surface area contributed by atoms with Gasteiger partial charge in [-0.05, 0) is 18.4 Å². The highest BCUT2D eigenvalue weighted by Crippen LogP contribution is 2.41. The predicted molar refractivity (Wildman–Crippen MR) is 93.8 cm³/mol. The van der Waals surface area contributed by atoms with Crippen molar-refractivity contribution < 1.29 is 0 Å². The zero-order valence-corrected chi connectivity index (χ0v) is 14.2. The Kier molecular flexibility index (Phi) is 4.83. The van der Waals surface area contributed by atoms with Gasteiger partial charge in [-0.15, -0.1) is 23.7 Å². The first-order valence-electron chi connectivity index (χ1n) is 7.77. The van der Waals surface area contributed by atoms with Gasteiger partial charge in [-0.25, -0.2) is 4.98 Å². The highest BCUT2D eigenvalue weighted by molar-refractivity contribution is 7.09. The van der Waals surface area contributed by atoms with E-state index >= 15 is 0 Å². The van der Waals surface area contributed by atoms with Crippen LogP contribution in [0.2, 0.25) is 0 Å². The lowest BCUT2D eigenvalue weighted by Crippen LogP contribution is -2.28. The fraction of sp³-hybridized carbons (Fsp3) is 0.471. The van der Waals surface area contributed by atoms with Crippen molar-refractivity contribution in [3.63, 3.8) is 0 Å². The van der Waals surface area contributed by atoms with Gasteiger partial charge in [0.15, 0.2) is 0 Å². The molecule has 2 aromatic rings. The molecule has 22 heavy (non-hydrogen) atoms. The smallest absolute Gasteiger partial charge is 0.0959 e. The first-order valence-corrected chi connectivity index (χ1v) is 8.65. The van der Waals surface area contributed by atoms with Crippen molar-refractivity contribution in [2.24, 2.45) is 5.73 Å². The summed E-state index contributed by atoms with van der Waals surface area (Å²) in [5.74, 6) is 1.22. The summed E-state index contributed by atoms with van der Waals surface area (Å²) < 4.78 is 0. The van der Waals surface area contributed by atoms with Gasteiger partial charge < -0.3 is 5.73 Å². The topological polar surface area (TPSA) is 42.1 Å². The molecule has 1 aliphatic heterocycles. The van der Waals surface area contributed by atoms with Crippen LogP contribution in [-0.2, 0) is 6.54 Å². The second-order valence-corrected chi connectivity index (χ2v) is 7.22. The maximum absolute atomic E-state index is 6.36. The molecule has 1 aliphatic carbocycles. The van der Waals surface area contributed by atoms with E-state index in [4.69, 9.17) is 10.7 Å². The van der Waals surface area contributed by atoms with Crippen molar-refractivity contribution in [3.8, 4) is 0 Å². The standard InChI is InChI=1S/C17H21N3S.ClH/c18-16-10-20(9-15(16)12-4-2-1-3-5-12)8-14-11-21-17(19-14)13-6-7-13;/h1-5,11,13,15-16H,6-10,18H2;1H/t15-,16+;/m0./s1. The lowest BCUT2D eigenvalue weighted by molar-refractivity contribution is 0.320.